The quantitative estimate of drug-likeness (QED) is 0.211. The van der Waals surface area contributed by atoms with Crippen molar-refractivity contribution in [2.75, 3.05) is 33.3 Å². The first-order valence-corrected chi connectivity index (χ1v) is 11.3. The van der Waals surface area contributed by atoms with Crippen LogP contribution in [0.25, 0.3) is 11.6 Å². The predicted octanol–water partition coefficient (Wildman–Crippen LogP) is 5.40. The number of methoxy groups -OCH3 is 3. The number of carbonyl (C=O) groups is 1. The third-order valence-corrected chi connectivity index (χ3v) is 5.58. The van der Waals surface area contributed by atoms with Crippen molar-refractivity contribution in [1.82, 2.24) is 0 Å². The molecule has 0 fully saturated rings. The monoisotopic (exact) mass is 570 g/mol. The third-order valence-electron chi connectivity index (χ3n) is 4.78. The van der Waals surface area contributed by atoms with Crippen LogP contribution >= 0.6 is 22.6 Å². The number of hydrogen-bond donors (Lipinski definition) is 1. The fourth-order valence-electron chi connectivity index (χ4n) is 3.17. The summed E-state index contributed by atoms with van der Waals surface area (Å²) in [4.78, 5) is 12.3. The molecule has 1 amide bonds. The molecular formula is C26H23IN2O5. The Kier molecular flexibility index (Phi) is 8.76. The van der Waals surface area contributed by atoms with E-state index in [0.29, 0.717) is 39.8 Å². The average molecular weight is 570 g/mol. The number of hydrogen-bond acceptors (Lipinski definition) is 6. The lowest BCUT2D eigenvalue weighted by atomic mass is 10.0. The van der Waals surface area contributed by atoms with Gasteiger partial charge in [0.1, 0.15) is 0 Å². The van der Waals surface area contributed by atoms with Crippen LogP contribution in [0.15, 0.2) is 60.7 Å². The number of nitriles is 1. The highest BCUT2D eigenvalue weighted by Gasteiger charge is 2.14. The van der Waals surface area contributed by atoms with Crippen LogP contribution in [0.1, 0.15) is 11.1 Å². The second kappa shape index (κ2) is 12.0. The molecule has 0 heterocycles. The predicted molar refractivity (Wildman–Crippen MR) is 139 cm³/mol. The smallest absolute Gasteiger partial charge is 0.262 e. The first kappa shape index (κ1) is 24.9. The molecule has 0 aliphatic heterocycles. The van der Waals surface area contributed by atoms with E-state index >= 15 is 0 Å². The van der Waals surface area contributed by atoms with Gasteiger partial charge in [-0.1, -0.05) is 18.2 Å². The van der Waals surface area contributed by atoms with Gasteiger partial charge in [0.05, 0.1) is 36.5 Å². The molecule has 3 aromatic rings. The first-order valence-electron chi connectivity index (χ1n) is 10.2. The second-order valence-electron chi connectivity index (χ2n) is 6.98. The van der Waals surface area contributed by atoms with Crippen molar-refractivity contribution < 1.29 is 23.7 Å². The van der Waals surface area contributed by atoms with Crippen molar-refractivity contribution in [1.29, 1.82) is 5.26 Å². The van der Waals surface area contributed by atoms with Crippen molar-refractivity contribution in [2.24, 2.45) is 0 Å². The number of nitrogens with zero attached hydrogens (tertiary/aromatic N) is 1. The summed E-state index contributed by atoms with van der Waals surface area (Å²) in [5.41, 5.74) is 2.56. The van der Waals surface area contributed by atoms with Crippen molar-refractivity contribution in [3.05, 3.63) is 75.4 Å². The van der Waals surface area contributed by atoms with Gasteiger partial charge in [-0.2, -0.15) is 5.26 Å². The summed E-state index contributed by atoms with van der Waals surface area (Å²) >= 11 is 2.11. The SMILES string of the molecule is COc1ccc(/C(C#N)=C/c2cc(I)c(OCC(=O)Nc3ccccc3)c(OC)c2)cc1OC. The molecule has 8 heteroatoms. The molecule has 0 bridgehead atoms. The Morgan fingerprint density at radius 2 is 1.68 bits per heavy atom. The standard InChI is InChI=1S/C26H23IN2O5/c1-31-22-10-9-18(14-23(22)32-2)19(15-28)11-17-12-21(27)26(24(13-17)33-3)34-16-25(30)29-20-7-5-4-6-8-20/h4-14H,16H2,1-3H3,(H,29,30)/b19-11+. The maximum Gasteiger partial charge on any atom is 0.262 e. The van der Waals surface area contributed by atoms with Gasteiger partial charge in [-0.3, -0.25) is 4.79 Å². The summed E-state index contributed by atoms with van der Waals surface area (Å²) in [7, 11) is 4.63. The number of para-hydroxylation sites is 1. The lowest BCUT2D eigenvalue weighted by Gasteiger charge is -2.14. The summed E-state index contributed by atoms with van der Waals surface area (Å²) in [6.07, 6.45) is 1.75. The number of nitrogens with one attached hydrogen (secondary N) is 1. The van der Waals surface area contributed by atoms with E-state index in [1.807, 2.05) is 24.3 Å². The topological polar surface area (TPSA) is 89.8 Å². The fraction of sp³-hybridized carbons (Fsp3) is 0.154. The van der Waals surface area contributed by atoms with Gasteiger partial charge in [0.2, 0.25) is 0 Å². The van der Waals surface area contributed by atoms with E-state index in [4.69, 9.17) is 18.9 Å². The summed E-state index contributed by atoms with van der Waals surface area (Å²) in [6.45, 7) is -0.175. The van der Waals surface area contributed by atoms with Crippen LogP contribution in [0.5, 0.6) is 23.0 Å². The summed E-state index contributed by atoms with van der Waals surface area (Å²) < 4.78 is 22.6. The molecule has 3 rings (SSSR count). The van der Waals surface area contributed by atoms with Gasteiger partial charge >= 0.3 is 0 Å². The summed E-state index contributed by atoms with van der Waals surface area (Å²) in [5.74, 6) is 1.74. The Balaban J connectivity index is 1.82. The Morgan fingerprint density at radius 1 is 0.971 bits per heavy atom. The average Bonchev–Trinajstić information content (AvgIpc) is 2.86. The number of ether oxygens (including phenoxy) is 4. The van der Waals surface area contributed by atoms with Crippen LogP contribution in [0.4, 0.5) is 5.69 Å². The number of anilines is 1. The molecule has 0 aromatic heterocycles. The van der Waals surface area contributed by atoms with Gasteiger partial charge in [-0.15, -0.1) is 0 Å². The van der Waals surface area contributed by atoms with Crippen LogP contribution < -0.4 is 24.3 Å². The molecular weight excluding hydrogens is 547 g/mol. The van der Waals surface area contributed by atoms with E-state index in [1.54, 1.807) is 56.7 Å². The van der Waals surface area contributed by atoms with Gasteiger partial charge in [-0.25, -0.2) is 0 Å². The molecule has 174 valence electrons. The molecule has 0 saturated carbocycles. The highest BCUT2D eigenvalue weighted by molar-refractivity contribution is 14.1. The van der Waals surface area contributed by atoms with Crippen molar-refractivity contribution in [2.45, 2.75) is 0 Å². The fourth-order valence-corrected chi connectivity index (χ4v) is 3.95. The van der Waals surface area contributed by atoms with Gasteiger partial charge in [0.15, 0.2) is 29.6 Å². The molecule has 0 radical (unpaired) electrons. The molecule has 0 aliphatic rings. The van der Waals surface area contributed by atoms with E-state index in [-0.39, 0.29) is 12.5 Å². The molecule has 0 unspecified atom stereocenters. The van der Waals surface area contributed by atoms with Gasteiger partial charge < -0.3 is 24.3 Å². The van der Waals surface area contributed by atoms with Gasteiger partial charge in [0, 0.05) is 5.69 Å². The Bertz CT molecular complexity index is 1240. The lowest BCUT2D eigenvalue weighted by molar-refractivity contribution is -0.118. The van der Waals surface area contributed by atoms with Crippen molar-refractivity contribution in [3.63, 3.8) is 0 Å². The number of amides is 1. The minimum Gasteiger partial charge on any atom is -0.493 e. The van der Waals surface area contributed by atoms with E-state index in [0.717, 1.165) is 9.13 Å². The van der Waals surface area contributed by atoms with E-state index in [9.17, 15) is 10.1 Å². The zero-order chi connectivity index (χ0) is 24.5. The lowest BCUT2D eigenvalue weighted by Crippen LogP contribution is -2.20. The zero-order valence-electron chi connectivity index (χ0n) is 18.9. The van der Waals surface area contributed by atoms with Crippen LogP contribution in [0.2, 0.25) is 0 Å². The van der Waals surface area contributed by atoms with Crippen molar-refractivity contribution in [3.8, 4) is 29.1 Å². The van der Waals surface area contributed by atoms with Crippen LogP contribution in [-0.4, -0.2) is 33.8 Å². The van der Waals surface area contributed by atoms with E-state index in [2.05, 4.69) is 34.0 Å². The molecule has 7 nitrogen and oxygen atoms in total. The molecule has 0 atom stereocenters. The van der Waals surface area contributed by atoms with E-state index in [1.165, 1.54) is 7.11 Å². The molecule has 0 aliphatic carbocycles. The van der Waals surface area contributed by atoms with Gasteiger partial charge in [0.25, 0.3) is 5.91 Å². The molecule has 34 heavy (non-hydrogen) atoms. The molecule has 1 N–H and O–H groups in total. The largest absolute Gasteiger partial charge is 0.493 e. The number of rotatable bonds is 9. The van der Waals surface area contributed by atoms with Gasteiger partial charge in [-0.05, 0) is 82.3 Å². The Labute approximate surface area is 212 Å². The molecule has 0 spiro atoms. The zero-order valence-corrected chi connectivity index (χ0v) is 21.1. The molecule has 3 aromatic carbocycles. The van der Waals surface area contributed by atoms with Crippen LogP contribution in [0, 0.1) is 14.9 Å². The molecule has 0 saturated heterocycles. The highest BCUT2D eigenvalue weighted by atomic mass is 127. The number of halogens is 1. The second-order valence-corrected chi connectivity index (χ2v) is 8.14. The van der Waals surface area contributed by atoms with Crippen molar-refractivity contribution >= 4 is 45.8 Å². The first-order chi connectivity index (χ1) is 16.5. The number of allylic oxidation sites excluding steroid dienone is 1. The third kappa shape index (κ3) is 6.20. The van der Waals surface area contributed by atoms with Crippen LogP contribution in [-0.2, 0) is 4.79 Å². The van der Waals surface area contributed by atoms with E-state index < -0.39 is 0 Å². The normalized spacial score (nSPS) is 10.7. The van der Waals surface area contributed by atoms with Crippen LogP contribution in [0.3, 0.4) is 0 Å². The summed E-state index contributed by atoms with van der Waals surface area (Å²) in [5, 5.41) is 12.5. The Hall–Kier alpha value is -3.71. The highest BCUT2D eigenvalue weighted by Crippen LogP contribution is 2.36. The number of carbonyl (C=O) groups excluding carboxylic acids is 1. The Morgan fingerprint density at radius 3 is 2.32 bits per heavy atom. The summed E-state index contributed by atoms with van der Waals surface area (Å²) in [6, 6.07) is 20.3. The number of benzene rings is 3. The maximum atomic E-state index is 12.3. The maximum absolute atomic E-state index is 12.3. The minimum atomic E-state index is -0.284. The minimum absolute atomic E-state index is 0.175.